The van der Waals surface area contributed by atoms with Gasteiger partial charge in [0, 0.05) is 55.7 Å². The lowest BCUT2D eigenvalue weighted by Gasteiger charge is -2.26. The Labute approximate surface area is 322 Å². The van der Waals surface area contributed by atoms with Crippen molar-refractivity contribution in [1.29, 1.82) is 0 Å². The van der Waals surface area contributed by atoms with E-state index >= 15 is 0 Å². The van der Waals surface area contributed by atoms with Crippen LogP contribution in [-0.2, 0) is 0 Å². The van der Waals surface area contributed by atoms with Gasteiger partial charge in [0.05, 0.1) is 13.1 Å². The van der Waals surface area contributed by atoms with Gasteiger partial charge in [0.25, 0.3) is 0 Å². The summed E-state index contributed by atoms with van der Waals surface area (Å²) in [6.07, 6.45) is 0. The number of hydrogen-bond donors (Lipinski definition) is 0. The minimum absolute atomic E-state index is 0.586. The van der Waals surface area contributed by atoms with E-state index in [2.05, 4.69) is 117 Å². The van der Waals surface area contributed by atoms with Crippen molar-refractivity contribution in [3.05, 3.63) is 205 Å². The quantitative estimate of drug-likeness (QED) is 0.154. The normalized spacial score (nSPS) is 11.2. The molecule has 262 valence electrons. The largest absolute Gasteiger partial charge is 0.456 e. The molecule has 0 radical (unpaired) electrons. The summed E-state index contributed by atoms with van der Waals surface area (Å²) in [5, 5.41) is 3.80. The van der Waals surface area contributed by atoms with Crippen molar-refractivity contribution in [2.45, 2.75) is 0 Å². The topological polar surface area (TPSA) is 41.5 Å². The number of benzene rings is 8. The van der Waals surface area contributed by atoms with E-state index < -0.39 is 0 Å². The fourth-order valence-electron chi connectivity index (χ4n) is 7.58. The smallest absolute Gasteiger partial charge is 0.188 e. The molecule has 0 atom stereocenters. The van der Waals surface area contributed by atoms with Crippen LogP contribution < -0.4 is 9.80 Å². The first-order chi connectivity index (χ1) is 27.6. The van der Waals surface area contributed by atoms with Crippen molar-refractivity contribution in [3.63, 3.8) is 0 Å². The highest BCUT2D eigenvalue weighted by atomic mass is 16.3. The number of rotatable bonds is 7. The lowest BCUT2D eigenvalue weighted by atomic mass is 10.0. The molecule has 0 saturated carbocycles. The second kappa shape index (κ2) is 13.4. The Hall–Kier alpha value is -8.06. The van der Waals surface area contributed by atoms with Gasteiger partial charge in [-0.1, -0.05) is 72.8 Å². The van der Waals surface area contributed by atoms with Crippen molar-refractivity contribution in [1.82, 2.24) is 0 Å². The molecule has 10 aromatic rings. The minimum atomic E-state index is 0.586. The molecule has 0 spiro atoms. The van der Waals surface area contributed by atoms with E-state index in [0.717, 1.165) is 89.1 Å². The average molecular weight is 719 g/mol. The van der Waals surface area contributed by atoms with E-state index in [4.69, 9.17) is 22.0 Å². The lowest BCUT2D eigenvalue weighted by molar-refractivity contribution is 0.668. The predicted molar refractivity (Wildman–Crippen MR) is 228 cm³/mol. The van der Waals surface area contributed by atoms with Crippen LogP contribution in [0.1, 0.15) is 0 Å². The summed E-state index contributed by atoms with van der Waals surface area (Å²) in [5.41, 5.74) is 12.6. The van der Waals surface area contributed by atoms with E-state index in [-0.39, 0.29) is 0 Å². The standard InChI is InChI=1S/C50H30N4O2/c1-51-35-17-25-47-43(29-35)45-31-41(23-27-49(45)55-47)53(37-9-5-3-6-10-37)39-19-13-33(14-20-39)34-15-21-40(22-16-34)54(38-11-7-4-8-12-38)42-24-28-50-46(32-42)44-30-36(52-2)18-26-48(44)56-50/h3-32H. The molecule has 0 saturated heterocycles. The van der Waals surface area contributed by atoms with Gasteiger partial charge in [-0.2, -0.15) is 0 Å². The summed E-state index contributed by atoms with van der Waals surface area (Å²) in [6, 6.07) is 61.6. The van der Waals surface area contributed by atoms with Gasteiger partial charge in [-0.25, -0.2) is 9.69 Å². The van der Waals surface area contributed by atoms with Crippen molar-refractivity contribution in [2.75, 3.05) is 9.80 Å². The molecule has 0 aliphatic rings. The van der Waals surface area contributed by atoms with E-state index in [0.29, 0.717) is 11.4 Å². The first kappa shape index (κ1) is 32.6. The van der Waals surface area contributed by atoms with Crippen molar-refractivity contribution in [3.8, 4) is 11.1 Å². The first-order valence-electron chi connectivity index (χ1n) is 18.2. The summed E-state index contributed by atoms with van der Waals surface area (Å²) in [7, 11) is 0. The molecule has 56 heavy (non-hydrogen) atoms. The number of anilines is 6. The van der Waals surface area contributed by atoms with Gasteiger partial charge in [0.1, 0.15) is 22.3 Å². The summed E-state index contributed by atoms with van der Waals surface area (Å²) in [4.78, 5) is 11.8. The molecular weight excluding hydrogens is 689 g/mol. The Morgan fingerprint density at radius 3 is 1.02 bits per heavy atom. The Morgan fingerprint density at radius 1 is 0.321 bits per heavy atom. The highest BCUT2D eigenvalue weighted by Crippen LogP contribution is 2.42. The van der Waals surface area contributed by atoms with E-state index in [1.165, 1.54) is 0 Å². The highest BCUT2D eigenvalue weighted by molar-refractivity contribution is 6.09. The van der Waals surface area contributed by atoms with Gasteiger partial charge < -0.3 is 18.6 Å². The van der Waals surface area contributed by atoms with Gasteiger partial charge in [0.2, 0.25) is 0 Å². The molecule has 0 N–H and O–H groups in total. The Bertz CT molecular complexity index is 2940. The van der Waals surface area contributed by atoms with Crippen molar-refractivity contribution < 1.29 is 8.83 Å². The maximum Gasteiger partial charge on any atom is 0.188 e. The number of furan rings is 2. The third kappa shape index (κ3) is 5.67. The van der Waals surface area contributed by atoms with Crippen LogP contribution in [0, 0.1) is 13.1 Å². The Balaban J connectivity index is 1.00. The van der Waals surface area contributed by atoms with Crippen LogP contribution in [0.4, 0.5) is 45.5 Å². The van der Waals surface area contributed by atoms with E-state index in [1.54, 1.807) is 12.1 Å². The molecule has 0 aliphatic carbocycles. The average Bonchev–Trinajstić information content (AvgIpc) is 3.82. The molecule has 0 fully saturated rings. The Morgan fingerprint density at radius 2 is 0.643 bits per heavy atom. The summed E-state index contributed by atoms with van der Waals surface area (Å²) < 4.78 is 12.3. The number of fused-ring (bicyclic) bond motifs is 6. The molecular formula is C50H30N4O2. The maximum atomic E-state index is 7.52. The van der Waals surface area contributed by atoms with Crippen LogP contribution in [0.3, 0.4) is 0 Å². The second-order valence-electron chi connectivity index (χ2n) is 13.6. The lowest BCUT2D eigenvalue weighted by Crippen LogP contribution is -2.10. The highest BCUT2D eigenvalue weighted by Gasteiger charge is 2.18. The van der Waals surface area contributed by atoms with Crippen LogP contribution in [-0.4, -0.2) is 0 Å². The monoisotopic (exact) mass is 718 g/mol. The van der Waals surface area contributed by atoms with Gasteiger partial charge in [-0.15, -0.1) is 0 Å². The first-order valence-corrected chi connectivity index (χ1v) is 18.2. The van der Waals surface area contributed by atoms with E-state index in [9.17, 15) is 0 Å². The van der Waals surface area contributed by atoms with Crippen LogP contribution in [0.15, 0.2) is 191 Å². The summed E-state index contributed by atoms with van der Waals surface area (Å²) in [6.45, 7) is 15.0. The van der Waals surface area contributed by atoms with Gasteiger partial charge in [-0.3, -0.25) is 0 Å². The molecule has 2 heterocycles. The van der Waals surface area contributed by atoms with Crippen molar-refractivity contribution >= 4 is 89.4 Å². The number of hydrogen-bond acceptors (Lipinski definition) is 4. The third-order valence-electron chi connectivity index (χ3n) is 10.3. The molecule has 10 rings (SSSR count). The third-order valence-corrected chi connectivity index (χ3v) is 10.3. The maximum absolute atomic E-state index is 7.52. The molecule has 2 aromatic heterocycles. The zero-order chi connectivity index (χ0) is 37.6. The fourth-order valence-corrected chi connectivity index (χ4v) is 7.58. The molecule has 8 aromatic carbocycles. The summed E-state index contributed by atoms with van der Waals surface area (Å²) >= 11 is 0. The van der Waals surface area contributed by atoms with Crippen LogP contribution in [0.5, 0.6) is 0 Å². The van der Waals surface area contributed by atoms with Crippen LogP contribution >= 0.6 is 0 Å². The van der Waals surface area contributed by atoms with Crippen LogP contribution in [0.25, 0.3) is 64.7 Å². The number of nitrogens with zero attached hydrogens (tertiary/aromatic N) is 4. The second-order valence-corrected chi connectivity index (χ2v) is 13.6. The molecule has 0 amide bonds. The van der Waals surface area contributed by atoms with Crippen molar-refractivity contribution in [2.24, 2.45) is 0 Å². The fraction of sp³-hybridized carbons (Fsp3) is 0. The van der Waals surface area contributed by atoms with Crippen LogP contribution in [0.2, 0.25) is 0 Å². The SMILES string of the molecule is [C-]#[N+]c1ccc2oc3ccc(N(c4ccccc4)c4ccc(-c5ccc(N(c6ccccc6)c6ccc7oc8ccc([N+]#[C-])cc8c7c6)cc5)cc4)cc3c2c1. The minimum Gasteiger partial charge on any atom is -0.456 e. The van der Waals surface area contributed by atoms with Gasteiger partial charge >= 0.3 is 0 Å². The molecule has 6 nitrogen and oxygen atoms in total. The molecule has 0 bridgehead atoms. The summed E-state index contributed by atoms with van der Waals surface area (Å²) in [5.74, 6) is 0. The molecule has 0 unspecified atom stereocenters. The zero-order valence-corrected chi connectivity index (χ0v) is 29.9. The zero-order valence-electron chi connectivity index (χ0n) is 29.9. The molecule has 6 heteroatoms. The molecule has 0 aliphatic heterocycles. The van der Waals surface area contributed by atoms with Gasteiger partial charge in [0.15, 0.2) is 11.4 Å². The Kier molecular flexibility index (Phi) is 7.80. The van der Waals surface area contributed by atoms with Gasteiger partial charge in [-0.05, 0) is 120 Å². The predicted octanol–water partition coefficient (Wildman–Crippen LogP) is 15.2. The number of para-hydroxylation sites is 2. The van der Waals surface area contributed by atoms with E-state index in [1.807, 2.05) is 72.8 Å².